The number of aromatic amines is 2. The van der Waals surface area contributed by atoms with E-state index in [1.165, 1.54) is 17.4 Å². The average molecular weight is 368 g/mol. The highest BCUT2D eigenvalue weighted by Crippen LogP contribution is 2.20. The van der Waals surface area contributed by atoms with Gasteiger partial charge in [-0.15, -0.1) is 0 Å². The number of hydrogen-bond donors (Lipinski definition) is 3. The summed E-state index contributed by atoms with van der Waals surface area (Å²) in [5.74, 6) is 0.467. The average Bonchev–Trinajstić information content (AvgIpc) is 3.31. The van der Waals surface area contributed by atoms with Gasteiger partial charge in [0.05, 0.1) is 12.6 Å². The fourth-order valence-electron chi connectivity index (χ4n) is 3.20. The molecule has 1 unspecified atom stereocenters. The summed E-state index contributed by atoms with van der Waals surface area (Å²) in [6.45, 7) is 4.02. The number of hydrogen-bond acceptors (Lipinski definition) is 6. The quantitative estimate of drug-likeness (QED) is 0.621. The molecule has 27 heavy (non-hydrogen) atoms. The Morgan fingerprint density at radius 2 is 2.19 bits per heavy atom. The third-order valence-electron chi connectivity index (χ3n) is 4.63. The van der Waals surface area contributed by atoms with Gasteiger partial charge in [-0.25, -0.2) is 14.9 Å². The summed E-state index contributed by atoms with van der Waals surface area (Å²) < 4.78 is 5.47. The second-order valence-corrected chi connectivity index (χ2v) is 6.61. The van der Waals surface area contributed by atoms with Crippen LogP contribution in [0.1, 0.15) is 46.3 Å². The van der Waals surface area contributed by atoms with Gasteiger partial charge in [-0.2, -0.15) is 5.10 Å². The Morgan fingerprint density at radius 1 is 1.37 bits per heavy atom. The van der Waals surface area contributed by atoms with Gasteiger partial charge in [0.1, 0.15) is 6.26 Å². The third kappa shape index (κ3) is 3.82. The number of amides is 1. The number of oxazole rings is 1. The summed E-state index contributed by atoms with van der Waals surface area (Å²) in [6, 6.07) is 7.94. The van der Waals surface area contributed by atoms with E-state index in [0.29, 0.717) is 18.3 Å². The van der Waals surface area contributed by atoms with Crippen molar-refractivity contribution in [3.8, 4) is 0 Å². The molecule has 1 aromatic carbocycles. The molecule has 1 aliphatic heterocycles. The van der Waals surface area contributed by atoms with Crippen molar-refractivity contribution >= 4 is 5.91 Å². The first-order valence-corrected chi connectivity index (χ1v) is 8.77. The van der Waals surface area contributed by atoms with Crippen molar-refractivity contribution in [1.82, 2.24) is 30.4 Å². The van der Waals surface area contributed by atoms with Crippen molar-refractivity contribution in [1.29, 1.82) is 0 Å². The number of nitrogens with zero attached hydrogens (tertiary/aromatic N) is 3. The molecule has 1 atom stereocenters. The van der Waals surface area contributed by atoms with Crippen LogP contribution in [0.4, 0.5) is 0 Å². The zero-order chi connectivity index (χ0) is 18.8. The van der Waals surface area contributed by atoms with Gasteiger partial charge in [0.25, 0.3) is 5.91 Å². The van der Waals surface area contributed by atoms with E-state index < -0.39 is 11.7 Å². The van der Waals surface area contributed by atoms with Gasteiger partial charge in [-0.05, 0) is 24.5 Å². The van der Waals surface area contributed by atoms with E-state index in [0.717, 1.165) is 19.5 Å². The van der Waals surface area contributed by atoms with Crippen LogP contribution < -0.4 is 11.0 Å². The van der Waals surface area contributed by atoms with Gasteiger partial charge in [-0.3, -0.25) is 14.7 Å². The van der Waals surface area contributed by atoms with Gasteiger partial charge < -0.3 is 9.73 Å². The van der Waals surface area contributed by atoms with E-state index >= 15 is 0 Å². The van der Waals surface area contributed by atoms with Gasteiger partial charge in [0.2, 0.25) is 5.89 Å². The molecule has 0 spiro atoms. The number of nitrogens with one attached hydrogen (secondary N) is 3. The summed E-state index contributed by atoms with van der Waals surface area (Å²) in [5, 5.41) is 8.80. The van der Waals surface area contributed by atoms with Crippen LogP contribution in [0.5, 0.6) is 0 Å². The molecule has 0 fully saturated rings. The second kappa shape index (κ2) is 7.20. The number of carbonyl (C=O) groups excluding carboxylic acids is 1. The maximum absolute atomic E-state index is 12.3. The molecule has 9 nitrogen and oxygen atoms in total. The van der Waals surface area contributed by atoms with Crippen LogP contribution in [-0.2, 0) is 19.5 Å². The molecule has 0 bridgehead atoms. The fourth-order valence-corrected chi connectivity index (χ4v) is 3.20. The fraction of sp³-hybridized carbons (Fsp3) is 0.333. The number of carbonyl (C=O) groups is 1. The van der Waals surface area contributed by atoms with Crippen LogP contribution in [-0.4, -0.2) is 37.5 Å². The Hall–Kier alpha value is -3.20. The van der Waals surface area contributed by atoms with E-state index in [4.69, 9.17) is 4.42 Å². The predicted octanol–water partition coefficient (Wildman–Crippen LogP) is 1.14. The Balaban J connectivity index is 1.37. The monoisotopic (exact) mass is 368 g/mol. The zero-order valence-electron chi connectivity index (χ0n) is 14.9. The Labute approximate surface area is 154 Å². The van der Waals surface area contributed by atoms with Crippen LogP contribution in [0.3, 0.4) is 0 Å². The topological polar surface area (TPSA) is 120 Å². The first-order valence-electron chi connectivity index (χ1n) is 8.77. The molecule has 4 rings (SSSR count). The smallest absolute Gasteiger partial charge is 0.340 e. The minimum absolute atomic E-state index is 0.201. The molecular weight excluding hydrogens is 348 g/mol. The molecule has 1 aliphatic rings. The summed E-state index contributed by atoms with van der Waals surface area (Å²) in [4.78, 5) is 32.5. The highest BCUT2D eigenvalue weighted by atomic mass is 16.3. The maximum Gasteiger partial charge on any atom is 0.340 e. The lowest BCUT2D eigenvalue weighted by Crippen LogP contribution is -2.30. The molecule has 0 radical (unpaired) electrons. The van der Waals surface area contributed by atoms with E-state index in [2.05, 4.69) is 48.6 Å². The summed E-state index contributed by atoms with van der Waals surface area (Å²) in [5.41, 5.74) is 2.48. The summed E-state index contributed by atoms with van der Waals surface area (Å²) >= 11 is 0. The molecule has 3 N–H and O–H groups in total. The normalized spacial score (nSPS) is 15.3. The zero-order valence-corrected chi connectivity index (χ0v) is 14.9. The van der Waals surface area contributed by atoms with Crippen molar-refractivity contribution in [2.75, 3.05) is 6.54 Å². The number of benzene rings is 1. The van der Waals surface area contributed by atoms with Crippen LogP contribution in [0.25, 0.3) is 0 Å². The van der Waals surface area contributed by atoms with Crippen LogP contribution >= 0.6 is 0 Å². The maximum atomic E-state index is 12.3. The van der Waals surface area contributed by atoms with E-state index in [9.17, 15) is 9.59 Å². The number of fused-ring (bicyclic) bond motifs is 1. The molecular formula is C18H20N6O3. The van der Waals surface area contributed by atoms with Crippen LogP contribution in [0.15, 0.2) is 39.7 Å². The molecule has 1 amide bonds. The van der Waals surface area contributed by atoms with Crippen LogP contribution in [0, 0.1) is 0 Å². The number of rotatable bonds is 5. The Morgan fingerprint density at radius 3 is 2.96 bits per heavy atom. The minimum Gasteiger partial charge on any atom is -0.447 e. The number of aromatic nitrogens is 4. The Kier molecular flexibility index (Phi) is 4.59. The van der Waals surface area contributed by atoms with E-state index in [1.807, 2.05) is 6.07 Å². The lowest BCUT2D eigenvalue weighted by Gasteiger charge is -2.27. The van der Waals surface area contributed by atoms with Gasteiger partial charge in [0.15, 0.2) is 11.5 Å². The second-order valence-electron chi connectivity index (χ2n) is 6.61. The Bertz CT molecular complexity index is 1000. The van der Waals surface area contributed by atoms with Gasteiger partial charge in [0, 0.05) is 13.1 Å². The van der Waals surface area contributed by atoms with Crippen molar-refractivity contribution < 1.29 is 9.21 Å². The molecule has 9 heteroatoms. The largest absolute Gasteiger partial charge is 0.447 e. The van der Waals surface area contributed by atoms with Gasteiger partial charge >= 0.3 is 5.69 Å². The molecule has 140 valence electrons. The lowest BCUT2D eigenvalue weighted by molar-refractivity contribution is 0.0933. The van der Waals surface area contributed by atoms with Crippen molar-refractivity contribution in [2.24, 2.45) is 0 Å². The summed E-state index contributed by atoms with van der Waals surface area (Å²) in [7, 11) is 0. The molecule has 3 heterocycles. The highest BCUT2D eigenvalue weighted by Gasteiger charge is 2.20. The van der Waals surface area contributed by atoms with Crippen molar-refractivity contribution in [3.05, 3.63) is 69.5 Å². The first-order chi connectivity index (χ1) is 13.1. The van der Waals surface area contributed by atoms with Gasteiger partial charge in [-0.1, -0.05) is 24.3 Å². The minimum atomic E-state index is -0.463. The third-order valence-corrected chi connectivity index (χ3v) is 4.63. The molecule has 3 aromatic rings. The van der Waals surface area contributed by atoms with Crippen molar-refractivity contribution in [3.63, 3.8) is 0 Å². The van der Waals surface area contributed by atoms with Crippen molar-refractivity contribution in [2.45, 2.75) is 32.5 Å². The standard InChI is InChI=1S/C18H20N6O3/c1-11(16-21-18(26)23-22-16)19-17(25)14-10-27-15(20-14)9-24-7-6-12-4-2-3-5-13(12)8-24/h2-5,10-11H,6-9H2,1H3,(H,19,25)(H2,21,22,23,26). The highest BCUT2D eigenvalue weighted by molar-refractivity contribution is 5.92. The molecule has 2 aromatic heterocycles. The predicted molar refractivity (Wildman–Crippen MR) is 95.9 cm³/mol. The number of H-pyrrole nitrogens is 2. The van der Waals surface area contributed by atoms with E-state index in [-0.39, 0.29) is 11.6 Å². The lowest BCUT2D eigenvalue weighted by atomic mass is 10.00. The molecule has 0 aliphatic carbocycles. The summed E-state index contributed by atoms with van der Waals surface area (Å²) in [6.07, 6.45) is 2.34. The SMILES string of the molecule is CC(NC(=O)c1coc(CN2CCc3ccccc3C2)n1)c1n[nH]c(=O)[nH]1. The molecule has 0 saturated carbocycles. The first kappa shape index (κ1) is 17.2. The van der Waals surface area contributed by atoms with Crippen LogP contribution in [0.2, 0.25) is 0 Å². The molecule has 0 saturated heterocycles. The van der Waals surface area contributed by atoms with E-state index in [1.54, 1.807) is 6.92 Å².